The molecule has 1 nitrogen and oxygen atoms in total. The molecule has 0 unspecified atom stereocenters. The van der Waals surface area contributed by atoms with E-state index in [1.165, 1.54) is 23.1 Å². The molecule has 0 amide bonds. The zero-order chi connectivity index (χ0) is 13.8. The maximum absolute atomic E-state index is 13.1. The van der Waals surface area contributed by atoms with Gasteiger partial charge in [0.1, 0.15) is 12.4 Å². The highest BCUT2D eigenvalue weighted by molar-refractivity contribution is 9.08. The number of hydrogen-bond acceptors (Lipinski definition) is 1. The number of anilines is 1. The first-order chi connectivity index (χ1) is 8.37. The monoisotopic (exact) mass is 327 g/mol. The molecule has 0 saturated carbocycles. The SMILES string of the molecule is CCCN(CC(F)(F)F)c1ccc(F)cc1CBr. The van der Waals surface area contributed by atoms with Gasteiger partial charge in [-0.25, -0.2) is 4.39 Å². The zero-order valence-corrected chi connectivity index (χ0v) is 11.5. The van der Waals surface area contributed by atoms with Gasteiger partial charge < -0.3 is 4.90 Å². The molecule has 0 saturated heterocycles. The van der Waals surface area contributed by atoms with E-state index in [1.807, 2.05) is 0 Å². The number of nitrogens with zero attached hydrogens (tertiary/aromatic N) is 1. The summed E-state index contributed by atoms with van der Waals surface area (Å²) in [6.45, 7) is 1.07. The minimum atomic E-state index is -4.27. The van der Waals surface area contributed by atoms with Gasteiger partial charge in [-0.2, -0.15) is 13.2 Å². The lowest BCUT2D eigenvalue weighted by Gasteiger charge is -2.27. The van der Waals surface area contributed by atoms with E-state index in [2.05, 4.69) is 15.9 Å². The number of hydrogen-bond donors (Lipinski definition) is 0. The zero-order valence-electron chi connectivity index (χ0n) is 9.90. The molecule has 0 radical (unpaired) electrons. The summed E-state index contributed by atoms with van der Waals surface area (Å²) >= 11 is 3.17. The third-order valence-corrected chi connectivity index (χ3v) is 2.99. The summed E-state index contributed by atoms with van der Waals surface area (Å²) in [5.41, 5.74) is 0.945. The number of alkyl halides is 4. The Hall–Kier alpha value is -0.780. The molecule has 102 valence electrons. The molecule has 0 fully saturated rings. The molecular formula is C12H14BrF4N. The lowest BCUT2D eigenvalue weighted by Crippen LogP contribution is -2.35. The Balaban J connectivity index is 3.04. The van der Waals surface area contributed by atoms with Crippen molar-refractivity contribution in [1.82, 2.24) is 0 Å². The lowest BCUT2D eigenvalue weighted by atomic mass is 10.1. The Morgan fingerprint density at radius 1 is 1.28 bits per heavy atom. The van der Waals surface area contributed by atoms with Crippen molar-refractivity contribution in [3.63, 3.8) is 0 Å². The van der Waals surface area contributed by atoms with Gasteiger partial charge in [-0.15, -0.1) is 0 Å². The predicted molar refractivity (Wildman–Crippen MR) is 67.6 cm³/mol. The van der Waals surface area contributed by atoms with Crippen LogP contribution in [0.3, 0.4) is 0 Å². The highest BCUT2D eigenvalue weighted by Gasteiger charge is 2.31. The molecule has 0 aromatic heterocycles. The van der Waals surface area contributed by atoms with Crippen molar-refractivity contribution >= 4 is 21.6 Å². The first-order valence-electron chi connectivity index (χ1n) is 5.53. The van der Waals surface area contributed by atoms with Gasteiger partial charge in [0.25, 0.3) is 0 Å². The molecule has 6 heteroatoms. The van der Waals surface area contributed by atoms with Gasteiger partial charge in [-0.1, -0.05) is 22.9 Å². The van der Waals surface area contributed by atoms with Crippen LogP contribution in [0.25, 0.3) is 0 Å². The van der Waals surface area contributed by atoms with Gasteiger partial charge in [0.15, 0.2) is 0 Å². The summed E-state index contributed by atoms with van der Waals surface area (Å²) in [4.78, 5) is 1.23. The summed E-state index contributed by atoms with van der Waals surface area (Å²) in [5.74, 6) is -0.448. The normalized spacial score (nSPS) is 11.7. The van der Waals surface area contributed by atoms with Gasteiger partial charge in [0.2, 0.25) is 0 Å². The van der Waals surface area contributed by atoms with Gasteiger partial charge in [-0.05, 0) is 30.2 Å². The van der Waals surface area contributed by atoms with Crippen LogP contribution in [0.1, 0.15) is 18.9 Å². The van der Waals surface area contributed by atoms with Crippen LogP contribution < -0.4 is 4.90 Å². The van der Waals surface area contributed by atoms with E-state index >= 15 is 0 Å². The third-order valence-electron chi connectivity index (χ3n) is 2.39. The van der Waals surface area contributed by atoms with Crippen molar-refractivity contribution < 1.29 is 17.6 Å². The first-order valence-corrected chi connectivity index (χ1v) is 6.65. The maximum Gasteiger partial charge on any atom is 0.405 e. The molecule has 0 bridgehead atoms. The van der Waals surface area contributed by atoms with Crippen molar-refractivity contribution in [2.24, 2.45) is 0 Å². The van der Waals surface area contributed by atoms with Crippen LogP contribution in [0.4, 0.5) is 23.2 Å². The molecule has 1 aromatic rings. The fraction of sp³-hybridized carbons (Fsp3) is 0.500. The summed E-state index contributed by atoms with van der Waals surface area (Å²) in [6.07, 6.45) is -3.68. The number of halogens is 5. The molecule has 0 atom stereocenters. The molecule has 0 aliphatic rings. The van der Waals surface area contributed by atoms with E-state index in [0.29, 0.717) is 23.0 Å². The van der Waals surface area contributed by atoms with Crippen molar-refractivity contribution in [2.45, 2.75) is 24.9 Å². The maximum atomic E-state index is 13.1. The summed E-state index contributed by atoms with van der Waals surface area (Å²) in [5, 5.41) is 0.318. The van der Waals surface area contributed by atoms with Crippen LogP contribution in [-0.2, 0) is 5.33 Å². The van der Waals surface area contributed by atoms with Gasteiger partial charge in [-0.3, -0.25) is 0 Å². The largest absolute Gasteiger partial charge is 0.405 e. The quantitative estimate of drug-likeness (QED) is 0.568. The van der Waals surface area contributed by atoms with Gasteiger partial charge >= 0.3 is 6.18 Å². The fourth-order valence-electron chi connectivity index (χ4n) is 1.74. The topological polar surface area (TPSA) is 3.24 Å². The molecule has 18 heavy (non-hydrogen) atoms. The fourth-order valence-corrected chi connectivity index (χ4v) is 2.19. The van der Waals surface area contributed by atoms with Crippen LogP contribution in [0.5, 0.6) is 0 Å². The Kier molecular flexibility index (Phi) is 5.44. The van der Waals surface area contributed by atoms with E-state index in [9.17, 15) is 17.6 Å². The highest BCUT2D eigenvalue weighted by atomic mass is 79.9. The van der Waals surface area contributed by atoms with Crippen LogP contribution in [-0.4, -0.2) is 19.3 Å². The van der Waals surface area contributed by atoms with E-state index in [0.717, 1.165) is 0 Å². The van der Waals surface area contributed by atoms with Gasteiger partial charge in [0.05, 0.1) is 0 Å². The van der Waals surface area contributed by atoms with E-state index in [-0.39, 0.29) is 6.54 Å². The molecule has 0 N–H and O–H groups in total. The molecule has 0 heterocycles. The van der Waals surface area contributed by atoms with Gasteiger partial charge in [0, 0.05) is 17.6 Å². The number of rotatable bonds is 5. The Bertz CT molecular complexity index is 392. The Morgan fingerprint density at radius 2 is 1.94 bits per heavy atom. The molecule has 0 aliphatic heterocycles. The molecule has 1 aromatic carbocycles. The predicted octanol–water partition coefficient (Wildman–Crippen LogP) is 4.50. The van der Waals surface area contributed by atoms with Crippen molar-refractivity contribution in [2.75, 3.05) is 18.0 Å². The minimum Gasteiger partial charge on any atom is -0.362 e. The molecule has 0 aliphatic carbocycles. The molecular weight excluding hydrogens is 314 g/mol. The molecule has 0 spiro atoms. The van der Waals surface area contributed by atoms with Crippen molar-refractivity contribution in [3.05, 3.63) is 29.6 Å². The molecule has 1 rings (SSSR count). The summed E-state index contributed by atoms with van der Waals surface area (Å²) in [6, 6.07) is 3.83. The average molecular weight is 328 g/mol. The van der Waals surface area contributed by atoms with Crippen LogP contribution in [0.15, 0.2) is 18.2 Å². The average Bonchev–Trinajstić information content (AvgIpc) is 2.26. The Morgan fingerprint density at radius 3 is 2.44 bits per heavy atom. The van der Waals surface area contributed by atoms with Crippen LogP contribution in [0.2, 0.25) is 0 Å². The summed E-state index contributed by atoms with van der Waals surface area (Å²) in [7, 11) is 0. The standard InChI is InChI=1S/C12H14BrF4N/c1-2-5-18(8-12(15,16)17)11-4-3-10(14)6-9(11)7-13/h3-4,6H,2,5,7-8H2,1H3. The second-order valence-corrected chi connectivity index (χ2v) is 4.50. The highest BCUT2D eigenvalue weighted by Crippen LogP contribution is 2.27. The van der Waals surface area contributed by atoms with E-state index < -0.39 is 18.5 Å². The van der Waals surface area contributed by atoms with E-state index in [1.54, 1.807) is 6.92 Å². The van der Waals surface area contributed by atoms with Crippen LogP contribution in [0, 0.1) is 5.82 Å². The first kappa shape index (κ1) is 15.3. The number of benzene rings is 1. The van der Waals surface area contributed by atoms with E-state index in [4.69, 9.17) is 0 Å². The second-order valence-electron chi connectivity index (χ2n) is 3.94. The van der Waals surface area contributed by atoms with Crippen molar-refractivity contribution in [3.8, 4) is 0 Å². The summed E-state index contributed by atoms with van der Waals surface area (Å²) < 4.78 is 50.6. The smallest absolute Gasteiger partial charge is 0.362 e. The van der Waals surface area contributed by atoms with Crippen LogP contribution >= 0.6 is 15.9 Å². The Labute approximate surface area is 112 Å². The van der Waals surface area contributed by atoms with Crippen molar-refractivity contribution in [1.29, 1.82) is 0 Å². The minimum absolute atomic E-state index is 0.283. The third kappa shape index (κ3) is 4.48. The second kappa shape index (κ2) is 6.41. The lowest BCUT2D eigenvalue weighted by molar-refractivity contribution is -0.119.